The summed E-state index contributed by atoms with van der Waals surface area (Å²) in [6.07, 6.45) is 12.6. The number of carbonyl (C=O) groups excluding carboxylic acids is 1. The highest BCUT2D eigenvalue weighted by Crippen LogP contribution is 2.35. The molecule has 0 bridgehead atoms. The van der Waals surface area contributed by atoms with Gasteiger partial charge in [0.1, 0.15) is 0 Å². The summed E-state index contributed by atoms with van der Waals surface area (Å²) in [6, 6.07) is 9.42. The molecule has 0 N–H and O–H groups in total. The Balaban J connectivity index is 1.64. The third kappa shape index (κ3) is 6.60. The van der Waals surface area contributed by atoms with Crippen LogP contribution in [0, 0.1) is 0 Å². The summed E-state index contributed by atoms with van der Waals surface area (Å²) < 4.78 is 11.5. The molecule has 0 unspecified atom stereocenters. The summed E-state index contributed by atoms with van der Waals surface area (Å²) in [6.45, 7) is 2.90. The van der Waals surface area contributed by atoms with Crippen LogP contribution in [0.5, 0.6) is 11.5 Å². The number of carbonyl (C=O) groups is 1. The first-order valence-electron chi connectivity index (χ1n) is 11.1. The lowest BCUT2D eigenvalue weighted by atomic mass is 10.1. The van der Waals surface area contributed by atoms with Gasteiger partial charge >= 0.3 is 0 Å². The van der Waals surface area contributed by atoms with E-state index in [1.807, 2.05) is 36.4 Å². The Labute approximate surface area is 194 Å². The van der Waals surface area contributed by atoms with E-state index in [-0.39, 0.29) is 5.91 Å². The lowest BCUT2D eigenvalue weighted by Gasteiger charge is -2.11. The number of hydrogen-bond acceptors (Lipinski definition) is 6. The van der Waals surface area contributed by atoms with Crippen LogP contribution in [-0.2, 0) is 4.79 Å². The van der Waals surface area contributed by atoms with Crippen molar-refractivity contribution in [3.8, 4) is 11.5 Å². The molecule has 1 aromatic heterocycles. The quantitative estimate of drug-likeness (QED) is 0.305. The fourth-order valence-corrected chi connectivity index (χ4v) is 4.28. The van der Waals surface area contributed by atoms with Gasteiger partial charge in [-0.2, -0.15) is 0 Å². The minimum Gasteiger partial charge on any atom is -0.493 e. The van der Waals surface area contributed by atoms with E-state index in [0.29, 0.717) is 28.1 Å². The Morgan fingerprint density at radius 1 is 1.12 bits per heavy atom. The summed E-state index contributed by atoms with van der Waals surface area (Å²) in [4.78, 5) is 23.4. The maximum absolute atomic E-state index is 12.7. The van der Waals surface area contributed by atoms with Gasteiger partial charge in [0.25, 0.3) is 5.91 Å². The van der Waals surface area contributed by atoms with Gasteiger partial charge in [-0.3, -0.25) is 14.7 Å². The summed E-state index contributed by atoms with van der Waals surface area (Å²) in [5.74, 6) is 1.31. The van der Waals surface area contributed by atoms with Crippen LogP contribution in [0.25, 0.3) is 6.08 Å². The lowest BCUT2D eigenvalue weighted by molar-refractivity contribution is -0.121. The van der Waals surface area contributed by atoms with Crippen molar-refractivity contribution in [2.45, 2.75) is 45.4 Å². The molecule has 3 rings (SSSR count). The number of aliphatic imine (C=N–C) groups is 1. The maximum Gasteiger partial charge on any atom is 0.266 e. The van der Waals surface area contributed by atoms with Crippen LogP contribution < -0.4 is 9.47 Å². The molecule has 0 aliphatic carbocycles. The molecule has 170 valence electrons. The van der Waals surface area contributed by atoms with Crippen molar-refractivity contribution in [3.05, 3.63) is 53.2 Å². The first-order valence-corrected chi connectivity index (χ1v) is 11.9. The zero-order chi connectivity index (χ0) is 22.8. The van der Waals surface area contributed by atoms with Crippen LogP contribution in [0.4, 0.5) is 5.69 Å². The maximum atomic E-state index is 12.7. The number of methoxy groups -OCH3 is 1. The number of likely N-dealkylation sites (N-methyl/N-ethyl adjacent to an activating group) is 1. The van der Waals surface area contributed by atoms with Gasteiger partial charge < -0.3 is 9.47 Å². The van der Waals surface area contributed by atoms with Crippen LogP contribution in [0.15, 0.2) is 52.6 Å². The Kier molecular flexibility index (Phi) is 9.16. The predicted octanol–water partition coefficient (Wildman–Crippen LogP) is 6.06. The molecule has 32 heavy (non-hydrogen) atoms. The molecule has 2 aromatic rings. The van der Waals surface area contributed by atoms with Crippen molar-refractivity contribution in [2.75, 3.05) is 20.8 Å². The van der Waals surface area contributed by atoms with E-state index in [4.69, 9.17) is 9.47 Å². The number of amides is 1. The second-order valence-electron chi connectivity index (χ2n) is 7.61. The number of ether oxygens (including phenoxy) is 2. The Hall–Kier alpha value is -2.80. The minimum absolute atomic E-state index is 0.0833. The monoisotopic (exact) mass is 453 g/mol. The van der Waals surface area contributed by atoms with Gasteiger partial charge in [-0.25, -0.2) is 4.99 Å². The third-order valence-corrected chi connectivity index (χ3v) is 6.18. The number of pyridine rings is 1. The topological polar surface area (TPSA) is 64.0 Å². The molecule has 1 aliphatic rings. The highest BCUT2D eigenvalue weighted by atomic mass is 32.2. The van der Waals surface area contributed by atoms with Crippen LogP contribution in [0.3, 0.4) is 0 Å². The van der Waals surface area contributed by atoms with Crippen molar-refractivity contribution in [1.29, 1.82) is 0 Å². The fourth-order valence-electron chi connectivity index (χ4n) is 3.29. The fraction of sp³-hybridized carbons (Fsp3) is 0.400. The number of aromatic nitrogens is 1. The highest BCUT2D eigenvalue weighted by molar-refractivity contribution is 8.18. The molecule has 7 heteroatoms. The van der Waals surface area contributed by atoms with E-state index >= 15 is 0 Å². The summed E-state index contributed by atoms with van der Waals surface area (Å²) in [7, 11) is 3.36. The predicted molar refractivity (Wildman–Crippen MR) is 132 cm³/mol. The molecule has 0 spiro atoms. The second kappa shape index (κ2) is 12.3. The van der Waals surface area contributed by atoms with Gasteiger partial charge in [-0.1, -0.05) is 45.1 Å². The van der Waals surface area contributed by atoms with Crippen molar-refractivity contribution < 1.29 is 14.3 Å². The Bertz CT molecular complexity index is 960. The summed E-state index contributed by atoms with van der Waals surface area (Å²) in [5.41, 5.74) is 1.59. The largest absolute Gasteiger partial charge is 0.493 e. The minimum atomic E-state index is -0.0833. The number of rotatable bonds is 11. The molecular formula is C25H31N3O3S. The number of unbranched alkanes of at least 4 members (excludes halogenated alkanes) is 5. The lowest BCUT2D eigenvalue weighted by Crippen LogP contribution is -2.23. The van der Waals surface area contributed by atoms with E-state index in [0.717, 1.165) is 17.7 Å². The van der Waals surface area contributed by atoms with Gasteiger partial charge in [0.05, 0.1) is 30.5 Å². The molecular weight excluding hydrogens is 422 g/mol. The van der Waals surface area contributed by atoms with Gasteiger partial charge in [-0.15, -0.1) is 0 Å². The zero-order valence-corrected chi connectivity index (χ0v) is 19.9. The average molecular weight is 454 g/mol. The molecule has 2 heterocycles. The molecule has 1 saturated heterocycles. The number of hydrogen-bond donors (Lipinski definition) is 0. The van der Waals surface area contributed by atoms with Crippen molar-refractivity contribution >= 4 is 34.6 Å². The van der Waals surface area contributed by atoms with Gasteiger partial charge in [0.15, 0.2) is 16.7 Å². The SMILES string of the molecule is CCCCCCCCOc1ccc(/C=C2\SC(=Nc3cccnc3)N(C)C2=O)cc1OC. The normalized spacial score (nSPS) is 16.2. The standard InChI is InChI=1S/C25H31N3O3S/c1-4-5-6-7-8-9-15-31-21-13-12-19(16-22(21)30-3)17-23-24(29)28(2)25(32-23)27-20-11-10-14-26-18-20/h10-14,16-18H,4-9,15H2,1-3H3/b23-17-,27-25?. The summed E-state index contributed by atoms with van der Waals surface area (Å²) in [5, 5.41) is 0.625. The molecule has 0 radical (unpaired) electrons. The smallest absolute Gasteiger partial charge is 0.266 e. The van der Waals surface area contributed by atoms with E-state index < -0.39 is 0 Å². The molecule has 1 amide bonds. The Morgan fingerprint density at radius 2 is 1.94 bits per heavy atom. The highest BCUT2D eigenvalue weighted by Gasteiger charge is 2.30. The number of amidine groups is 1. The van der Waals surface area contributed by atoms with Crippen molar-refractivity contribution in [3.63, 3.8) is 0 Å². The molecule has 1 aliphatic heterocycles. The number of nitrogens with zero attached hydrogens (tertiary/aromatic N) is 3. The van der Waals surface area contributed by atoms with Crippen LogP contribution >= 0.6 is 11.8 Å². The third-order valence-electron chi connectivity index (χ3n) is 5.12. The van der Waals surface area contributed by atoms with Crippen molar-refractivity contribution in [2.24, 2.45) is 4.99 Å². The Morgan fingerprint density at radius 3 is 2.69 bits per heavy atom. The number of thioether (sulfide) groups is 1. The van der Waals surface area contributed by atoms with Crippen LogP contribution in [0.2, 0.25) is 0 Å². The van der Waals surface area contributed by atoms with Gasteiger partial charge in [0.2, 0.25) is 0 Å². The molecule has 1 aromatic carbocycles. The van der Waals surface area contributed by atoms with E-state index in [9.17, 15) is 4.79 Å². The van der Waals surface area contributed by atoms with E-state index in [1.165, 1.54) is 43.9 Å². The van der Waals surface area contributed by atoms with Gasteiger partial charge in [-0.05, 0) is 54.1 Å². The van der Waals surface area contributed by atoms with Crippen LogP contribution in [0.1, 0.15) is 51.0 Å². The van der Waals surface area contributed by atoms with Gasteiger partial charge in [0, 0.05) is 13.2 Å². The second-order valence-corrected chi connectivity index (χ2v) is 8.62. The zero-order valence-electron chi connectivity index (χ0n) is 19.0. The summed E-state index contributed by atoms with van der Waals surface area (Å²) >= 11 is 1.35. The van der Waals surface area contributed by atoms with Crippen LogP contribution in [-0.4, -0.2) is 41.7 Å². The molecule has 0 saturated carbocycles. The first kappa shape index (κ1) is 23.9. The first-order chi connectivity index (χ1) is 15.6. The average Bonchev–Trinajstić information content (AvgIpc) is 3.07. The van der Waals surface area contributed by atoms with E-state index in [2.05, 4.69) is 16.9 Å². The van der Waals surface area contributed by atoms with E-state index in [1.54, 1.807) is 31.5 Å². The molecule has 0 atom stereocenters. The van der Waals surface area contributed by atoms with Crippen molar-refractivity contribution in [1.82, 2.24) is 9.88 Å². The molecule has 6 nitrogen and oxygen atoms in total. The molecule has 1 fully saturated rings. The number of benzene rings is 1.